The minimum absolute atomic E-state index is 0.168. The maximum atomic E-state index is 12.7. The molecule has 6 nitrogen and oxygen atoms in total. The van der Waals surface area contributed by atoms with Crippen LogP contribution in [0.3, 0.4) is 0 Å². The molecule has 27 heavy (non-hydrogen) atoms. The van der Waals surface area contributed by atoms with Crippen LogP contribution in [0.5, 0.6) is 0 Å². The monoisotopic (exact) mass is 449 g/mol. The molecule has 0 atom stereocenters. The summed E-state index contributed by atoms with van der Waals surface area (Å²) in [6, 6.07) is 14.4. The third kappa shape index (κ3) is 4.09. The third-order valence-electron chi connectivity index (χ3n) is 4.05. The number of benzene rings is 2. The average Bonchev–Trinajstić information content (AvgIpc) is 2.86. The van der Waals surface area contributed by atoms with E-state index >= 15 is 0 Å². The van der Waals surface area contributed by atoms with Crippen molar-refractivity contribution in [1.82, 2.24) is 9.36 Å². The Labute approximate surface area is 169 Å². The van der Waals surface area contributed by atoms with Crippen LogP contribution in [-0.4, -0.2) is 15.5 Å². The second-order valence-electron chi connectivity index (χ2n) is 5.91. The van der Waals surface area contributed by atoms with Crippen molar-refractivity contribution in [2.24, 2.45) is 7.05 Å². The predicted molar refractivity (Wildman–Crippen MR) is 109 cm³/mol. The summed E-state index contributed by atoms with van der Waals surface area (Å²) in [4.78, 5) is 24.8. The Morgan fingerprint density at radius 1 is 1.22 bits per heavy atom. The van der Waals surface area contributed by atoms with E-state index in [4.69, 9.17) is 16.3 Å². The fourth-order valence-electron chi connectivity index (χ4n) is 2.58. The number of amides is 1. The molecule has 1 aromatic heterocycles. The zero-order valence-corrected chi connectivity index (χ0v) is 17.0. The summed E-state index contributed by atoms with van der Waals surface area (Å²) >= 11 is 9.44. The summed E-state index contributed by atoms with van der Waals surface area (Å²) < 4.78 is 8.92. The number of nitrogens with zero attached hydrogens (tertiary/aromatic N) is 2. The smallest absolute Gasteiger partial charge is 0.411 e. The molecule has 0 bridgehead atoms. The van der Waals surface area contributed by atoms with Gasteiger partial charge in [-0.25, -0.2) is 9.48 Å². The van der Waals surface area contributed by atoms with Crippen molar-refractivity contribution in [3.8, 4) is 5.69 Å². The quantitative estimate of drug-likeness (QED) is 0.629. The van der Waals surface area contributed by atoms with Gasteiger partial charge in [0.05, 0.1) is 11.3 Å². The lowest BCUT2D eigenvalue weighted by Gasteiger charge is -2.07. The van der Waals surface area contributed by atoms with E-state index in [0.29, 0.717) is 20.9 Å². The van der Waals surface area contributed by atoms with Crippen molar-refractivity contribution in [2.45, 2.75) is 13.5 Å². The van der Waals surface area contributed by atoms with Gasteiger partial charge in [0.1, 0.15) is 11.2 Å². The summed E-state index contributed by atoms with van der Waals surface area (Å²) in [6.45, 7) is 1.70. The van der Waals surface area contributed by atoms with Crippen molar-refractivity contribution in [2.75, 3.05) is 5.32 Å². The van der Waals surface area contributed by atoms with Gasteiger partial charge in [0.25, 0.3) is 5.56 Å². The number of aromatic nitrogens is 2. The second kappa shape index (κ2) is 8.02. The van der Waals surface area contributed by atoms with Gasteiger partial charge in [-0.15, -0.1) is 0 Å². The van der Waals surface area contributed by atoms with E-state index in [2.05, 4.69) is 21.2 Å². The molecule has 0 unspecified atom stereocenters. The summed E-state index contributed by atoms with van der Waals surface area (Å²) in [5, 5.41) is 3.14. The molecule has 3 aromatic rings. The molecular weight excluding hydrogens is 434 g/mol. The van der Waals surface area contributed by atoms with Gasteiger partial charge in [-0.2, -0.15) is 0 Å². The first-order valence-electron chi connectivity index (χ1n) is 8.10. The lowest BCUT2D eigenvalue weighted by atomic mass is 10.2. The molecule has 0 saturated carbocycles. The minimum atomic E-state index is -0.670. The highest BCUT2D eigenvalue weighted by Gasteiger charge is 2.18. The molecule has 2 aromatic carbocycles. The molecule has 0 saturated heterocycles. The van der Waals surface area contributed by atoms with E-state index in [1.807, 2.05) is 37.3 Å². The van der Waals surface area contributed by atoms with Crippen molar-refractivity contribution in [3.05, 3.63) is 79.6 Å². The van der Waals surface area contributed by atoms with Crippen molar-refractivity contribution < 1.29 is 9.53 Å². The molecule has 0 aliphatic heterocycles. The van der Waals surface area contributed by atoms with Crippen LogP contribution in [0.15, 0.2) is 57.9 Å². The molecule has 1 N–H and O–H groups in total. The average molecular weight is 451 g/mol. The van der Waals surface area contributed by atoms with Gasteiger partial charge in [0.15, 0.2) is 0 Å². The van der Waals surface area contributed by atoms with Gasteiger partial charge in [-0.3, -0.25) is 14.8 Å². The highest BCUT2D eigenvalue weighted by Crippen LogP contribution is 2.21. The Morgan fingerprint density at radius 2 is 1.93 bits per heavy atom. The van der Waals surface area contributed by atoms with Crippen molar-refractivity contribution in [3.63, 3.8) is 0 Å². The largest absolute Gasteiger partial charge is 0.444 e. The summed E-state index contributed by atoms with van der Waals surface area (Å²) in [5.41, 5.74) is 2.23. The van der Waals surface area contributed by atoms with Gasteiger partial charge < -0.3 is 4.74 Å². The molecule has 0 spiro atoms. The summed E-state index contributed by atoms with van der Waals surface area (Å²) in [5.74, 6) is 0. The minimum Gasteiger partial charge on any atom is -0.444 e. The van der Waals surface area contributed by atoms with Gasteiger partial charge in [0.2, 0.25) is 0 Å². The number of ether oxygens (including phenoxy) is 1. The Hall–Kier alpha value is -2.51. The summed E-state index contributed by atoms with van der Waals surface area (Å²) in [6.07, 6.45) is -0.670. The van der Waals surface area contributed by atoms with E-state index in [1.165, 1.54) is 4.68 Å². The fourth-order valence-corrected chi connectivity index (χ4v) is 3.20. The number of para-hydroxylation sites is 1. The zero-order valence-electron chi connectivity index (χ0n) is 14.7. The number of aryl methyl sites for hydroxylation is 1. The number of nitrogens with one attached hydrogen (secondary N) is 1. The van der Waals surface area contributed by atoms with Crippen LogP contribution in [0.4, 0.5) is 10.5 Å². The van der Waals surface area contributed by atoms with Gasteiger partial charge in [-0.1, -0.05) is 35.9 Å². The Bertz CT molecular complexity index is 1040. The van der Waals surface area contributed by atoms with Crippen LogP contribution in [0.2, 0.25) is 5.02 Å². The Balaban J connectivity index is 1.75. The van der Waals surface area contributed by atoms with Crippen LogP contribution in [0.25, 0.3) is 5.69 Å². The lowest BCUT2D eigenvalue weighted by molar-refractivity contribution is 0.154. The molecule has 0 fully saturated rings. The van der Waals surface area contributed by atoms with Crippen LogP contribution in [0, 0.1) is 6.92 Å². The van der Waals surface area contributed by atoms with E-state index in [1.54, 1.807) is 29.9 Å². The van der Waals surface area contributed by atoms with Crippen LogP contribution < -0.4 is 10.9 Å². The molecule has 3 rings (SSSR count). The number of hydrogen-bond acceptors (Lipinski definition) is 3. The fraction of sp³-hybridized carbons (Fsp3) is 0.158. The SMILES string of the molecule is Cc1ccc(NC(=O)OCc2c(Br)n(C)n(-c3ccccc3)c2=O)cc1Cl. The molecule has 1 heterocycles. The molecule has 0 aliphatic rings. The maximum absolute atomic E-state index is 12.7. The third-order valence-corrected chi connectivity index (χ3v) is 5.45. The normalized spacial score (nSPS) is 10.7. The highest BCUT2D eigenvalue weighted by molar-refractivity contribution is 9.10. The standard InChI is InChI=1S/C19H17BrClN3O3/c1-12-8-9-13(10-16(12)21)22-19(26)27-11-15-17(20)23(2)24(18(15)25)14-6-4-3-5-7-14/h3-10H,11H2,1-2H3,(H,22,26). The van der Waals surface area contributed by atoms with E-state index < -0.39 is 6.09 Å². The first-order chi connectivity index (χ1) is 12.9. The molecule has 0 aliphatic carbocycles. The van der Waals surface area contributed by atoms with Gasteiger partial charge >= 0.3 is 6.09 Å². The highest BCUT2D eigenvalue weighted by atomic mass is 79.9. The van der Waals surface area contributed by atoms with E-state index in [0.717, 1.165) is 11.3 Å². The number of carbonyl (C=O) groups is 1. The lowest BCUT2D eigenvalue weighted by Crippen LogP contribution is -2.22. The molecule has 8 heteroatoms. The number of anilines is 1. The van der Waals surface area contributed by atoms with Crippen molar-refractivity contribution >= 4 is 39.3 Å². The van der Waals surface area contributed by atoms with Gasteiger partial charge in [-0.05, 0) is 52.7 Å². The topological polar surface area (TPSA) is 65.3 Å². The molecule has 140 valence electrons. The Kier molecular flexibility index (Phi) is 5.72. The number of rotatable bonds is 4. The summed E-state index contributed by atoms with van der Waals surface area (Å²) in [7, 11) is 1.75. The van der Waals surface area contributed by atoms with Crippen LogP contribution >= 0.6 is 27.5 Å². The Morgan fingerprint density at radius 3 is 2.59 bits per heavy atom. The predicted octanol–water partition coefficient (Wildman–Crippen LogP) is 4.65. The van der Waals surface area contributed by atoms with Crippen LogP contribution in [0.1, 0.15) is 11.1 Å². The second-order valence-corrected chi connectivity index (χ2v) is 7.07. The van der Waals surface area contributed by atoms with E-state index in [9.17, 15) is 9.59 Å². The number of halogens is 2. The molecule has 1 amide bonds. The molecule has 0 radical (unpaired) electrons. The van der Waals surface area contributed by atoms with Crippen molar-refractivity contribution in [1.29, 1.82) is 0 Å². The first kappa shape index (κ1) is 19.3. The number of hydrogen-bond donors (Lipinski definition) is 1. The first-order valence-corrected chi connectivity index (χ1v) is 9.27. The van der Waals surface area contributed by atoms with Crippen LogP contribution in [-0.2, 0) is 18.4 Å². The van der Waals surface area contributed by atoms with Gasteiger partial charge in [0, 0.05) is 17.8 Å². The molecular formula is C19H17BrClN3O3. The zero-order chi connectivity index (χ0) is 19.6. The van der Waals surface area contributed by atoms with E-state index in [-0.39, 0.29) is 12.2 Å². The number of carbonyl (C=O) groups excluding carboxylic acids is 1. The maximum Gasteiger partial charge on any atom is 0.411 e.